The Labute approximate surface area is 234 Å². The summed E-state index contributed by atoms with van der Waals surface area (Å²) in [5.41, 5.74) is 0.308. The maximum absolute atomic E-state index is 15.3. The number of hydrogen-bond donors (Lipinski definition) is 1. The first-order valence-electron chi connectivity index (χ1n) is 13.0. The molecule has 1 unspecified atom stereocenters. The molecule has 3 heterocycles. The lowest BCUT2D eigenvalue weighted by molar-refractivity contribution is -0.270. The molecule has 0 saturated carbocycles. The predicted molar refractivity (Wildman–Crippen MR) is 143 cm³/mol. The molecule has 1 aromatic heterocycles. The summed E-state index contributed by atoms with van der Waals surface area (Å²) in [4.78, 5) is 28.6. The van der Waals surface area contributed by atoms with Crippen molar-refractivity contribution in [1.82, 2.24) is 9.58 Å². The first kappa shape index (κ1) is 28.3. The minimum absolute atomic E-state index is 0.0217. The van der Waals surface area contributed by atoms with Crippen LogP contribution in [0.25, 0.3) is 0 Å². The number of aliphatic hydroxyl groups excluding tert-OH is 1. The number of aromatic nitrogens is 1. The number of nitrogens with zero attached hydrogens (tertiary/aromatic N) is 3. The summed E-state index contributed by atoms with van der Waals surface area (Å²) < 4.78 is 52.2. The Morgan fingerprint density at radius 1 is 1.12 bits per heavy atom. The van der Waals surface area contributed by atoms with E-state index < -0.39 is 48.3 Å². The van der Waals surface area contributed by atoms with Gasteiger partial charge in [0, 0.05) is 24.9 Å². The highest BCUT2D eigenvalue weighted by molar-refractivity contribution is 5.96. The van der Waals surface area contributed by atoms with Crippen molar-refractivity contribution in [2.24, 2.45) is 0 Å². The van der Waals surface area contributed by atoms with Crippen LogP contribution in [0.2, 0.25) is 0 Å². The van der Waals surface area contributed by atoms with Crippen LogP contribution in [0.3, 0.4) is 0 Å². The molecule has 216 valence electrons. The van der Waals surface area contributed by atoms with Gasteiger partial charge >= 0.3 is 0 Å². The molecule has 2 aliphatic heterocycles. The summed E-state index contributed by atoms with van der Waals surface area (Å²) >= 11 is 0. The Balaban J connectivity index is 1.76. The maximum atomic E-state index is 15.3. The zero-order chi connectivity index (χ0) is 29.1. The van der Waals surface area contributed by atoms with E-state index in [0.29, 0.717) is 17.5 Å². The summed E-state index contributed by atoms with van der Waals surface area (Å²) in [5, 5.41) is 11.3. The molecule has 1 N–H and O–H groups in total. The van der Waals surface area contributed by atoms with Crippen LogP contribution in [0, 0.1) is 11.6 Å². The highest BCUT2D eigenvalue weighted by Gasteiger charge is 2.40. The molecule has 41 heavy (non-hydrogen) atoms. The fourth-order valence-electron chi connectivity index (χ4n) is 5.02. The molecule has 5 rings (SSSR count). The van der Waals surface area contributed by atoms with E-state index in [1.54, 1.807) is 22.1 Å². The monoisotopic (exact) mass is 569 g/mol. The Kier molecular flexibility index (Phi) is 8.34. The molecule has 0 saturated heterocycles. The second-order valence-corrected chi connectivity index (χ2v) is 9.34. The minimum atomic E-state index is -1.61. The van der Waals surface area contributed by atoms with Gasteiger partial charge in [0.1, 0.15) is 19.3 Å². The fraction of sp³-hybridized carbons (Fsp3) is 0.310. The van der Waals surface area contributed by atoms with Gasteiger partial charge in [-0.15, -0.1) is 0 Å². The molecule has 3 aromatic rings. The second kappa shape index (κ2) is 12.1. The molecule has 0 radical (unpaired) electrons. The van der Waals surface area contributed by atoms with Gasteiger partial charge in [-0.2, -0.15) is 4.39 Å². The Morgan fingerprint density at radius 2 is 1.90 bits per heavy atom. The number of pyridine rings is 1. The fourth-order valence-corrected chi connectivity index (χ4v) is 5.02. The zero-order valence-corrected chi connectivity index (χ0v) is 22.4. The summed E-state index contributed by atoms with van der Waals surface area (Å²) in [6, 6.07) is 11.6. The number of ether oxygens (including phenoxy) is 4. The average molecular weight is 570 g/mol. The number of fused-ring (bicyclic) bond motifs is 5. The van der Waals surface area contributed by atoms with Crippen LogP contribution in [0.1, 0.15) is 41.0 Å². The number of aliphatic hydroxyl groups is 1. The van der Waals surface area contributed by atoms with Crippen molar-refractivity contribution in [3.63, 3.8) is 0 Å². The van der Waals surface area contributed by atoms with E-state index in [-0.39, 0.29) is 30.5 Å². The number of hydrogen-bond acceptors (Lipinski definition) is 8. The van der Waals surface area contributed by atoms with Crippen LogP contribution in [-0.2, 0) is 9.47 Å². The number of carbonyl (C=O) groups is 1. The highest BCUT2D eigenvalue weighted by atomic mass is 19.2. The molecule has 0 spiro atoms. The van der Waals surface area contributed by atoms with E-state index in [1.165, 1.54) is 30.1 Å². The van der Waals surface area contributed by atoms with Gasteiger partial charge in [-0.1, -0.05) is 43.3 Å². The van der Waals surface area contributed by atoms with E-state index in [4.69, 9.17) is 14.2 Å². The van der Waals surface area contributed by atoms with Gasteiger partial charge in [0.15, 0.2) is 24.1 Å². The minimum Gasteiger partial charge on any atom is -0.486 e. The third kappa shape index (κ3) is 5.41. The second-order valence-electron chi connectivity index (χ2n) is 9.34. The summed E-state index contributed by atoms with van der Waals surface area (Å²) in [6.45, 7) is -0.337. The lowest BCUT2D eigenvalue weighted by Crippen LogP contribution is -2.58. The van der Waals surface area contributed by atoms with Gasteiger partial charge in [0.05, 0.1) is 6.04 Å². The molecular formula is C29H29F2N3O7. The lowest BCUT2D eigenvalue weighted by atomic mass is 9.96. The third-order valence-electron chi connectivity index (χ3n) is 6.98. The van der Waals surface area contributed by atoms with E-state index in [2.05, 4.69) is 4.74 Å². The van der Waals surface area contributed by atoms with Gasteiger partial charge in [0.2, 0.25) is 17.0 Å². The van der Waals surface area contributed by atoms with Gasteiger partial charge in [-0.3, -0.25) is 24.0 Å². The van der Waals surface area contributed by atoms with Gasteiger partial charge in [-0.25, -0.2) is 4.39 Å². The van der Waals surface area contributed by atoms with Crippen molar-refractivity contribution in [3.8, 4) is 11.5 Å². The van der Waals surface area contributed by atoms with Crippen molar-refractivity contribution < 1.29 is 37.6 Å². The first-order chi connectivity index (χ1) is 19.8. The molecule has 10 nitrogen and oxygen atoms in total. The topological polar surface area (TPSA) is 103 Å². The van der Waals surface area contributed by atoms with Crippen molar-refractivity contribution in [2.75, 3.05) is 32.2 Å². The van der Waals surface area contributed by atoms with E-state index in [9.17, 15) is 19.1 Å². The Morgan fingerprint density at radius 3 is 2.63 bits per heavy atom. The summed E-state index contributed by atoms with van der Waals surface area (Å²) in [7, 11) is 1.22. The van der Waals surface area contributed by atoms with Crippen LogP contribution in [0.5, 0.6) is 11.5 Å². The number of methoxy groups -OCH3 is 1. The van der Waals surface area contributed by atoms with Crippen LogP contribution in [0.4, 0.5) is 8.78 Å². The van der Waals surface area contributed by atoms with Gasteiger partial charge < -0.3 is 24.2 Å². The van der Waals surface area contributed by atoms with Crippen LogP contribution in [-0.4, -0.2) is 60.3 Å². The molecule has 2 bridgehead atoms. The summed E-state index contributed by atoms with van der Waals surface area (Å²) in [5.74, 6) is -3.25. The van der Waals surface area contributed by atoms with Gasteiger partial charge in [-0.05, 0) is 30.2 Å². The Hall–Kier alpha value is -4.26. The normalized spacial score (nSPS) is 19.9. The molecule has 0 fully saturated rings. The van der Waals surface area contributed by atoms with E-state index in [0.717, 1.165) is 6.07 Å². The third-order valence-corrected chi connectivity index (χ3v) is 6.98. The smallest absolute Gasteiger partial charge is 0.278 e. The SMILES string of the molecule is CC[C@@H]1/C=C/COc2c(ccc(F)c2F)[C@@H](c2ccccc2)N2CN1C(=O)c1c(OCOC(O)OC)c(=O)ccn12. The molecule has 2 aliphatic rings. The maximum Gasteiger partial charge on any atom is 0.278 e. The van der Waals surface area contributed by atoms with Crippen LogP contribution >= 0.6 is 0 Å². The number of rotatable bonds is 7. The quantitative estimate of drug-likeness (QED) is 0.342. The molecule has 2 aromatic carbocycles. The Bertz CT molecular complexity index is 1500. The largest absolute Gasteiger partial charge is 0.486 e. The molecule has 0 aliphatic carbocycles. The standard InChI is InChI=1S/C29H29F2N3O7/c1-3-19-10-7-15-39-26-20(11-12-21(30)23(26)31)24(18-8-5-4-6-9-18)34-16-32(19)28(36)25-27(22(35)13-14-33(25)34)40-17-41-29(37)38-2/h4-14,19,24,29,37H,3,15-17H2,1-2H3/b10-7+/t19-,24-,29?/m1/s1. The van der Waals surface area contributed by atoms with Crippen LogP contribution in [0.15, 0.2) is 71.7 Å². The van der Waals surface area contributed by atoms with Crippen molar-refractivity contribution in [2.45, 2.75) is 31.9 Å². The van der Waals surface area contributed by atoms with Crippen molar-refractivity contribution >= 4 is 5.91 Å². The van der Waals surface area contributed by atoms with Crippen LogP contribution < -0.4 is 19.9 Å². The molecule has 12 heteroatoms. The highest BCUT2D eigenvalue weighted by Crippen LogP contribution is 2.39. The van der Waals surface area contributed by atoms with Gasteiger partial charge in [0.25, 0.3) is 12.4 Å². The lowest BCUT2D eigenvalue weighted by Gasteiger charge is -2.46. The number of amides is 1. The molecule has 3 atom stereocenters. The zero-order valence-electron chi connectivity index (χ0n) is 22.4. The summed E-state index contributed by atoms with van der Waals surface area (Å²) in [6.07, 6.45) is 5.34. The predicted octanol–water partition coefficient (Wildman–Crippen LogP) is 3.27. The van der Waals surface area contributed by atoms with E-state index in [1.807, 2.05) is 37.3 Å². The molecule has 1 amide bonds. The molecular weight excluding hydrogens is 540 g/mol. The number of halogens is 2. The average Bonchev–Trinajstić information content (AvgIpc) is 3.01. The number of carbonyl (C=O) groups excluding carboxylic acids is 1. The first-order valence-corrected chi connectivity index (χ1v) is 13.0. The van der Waals surface area contributed by atoms with Crippen molar-refractivity contribution in [3.05, 3.63) is 106 Å². The van der Waals surface area contributed by atoms with E-state index >= 15 is 4.39 Å². The number of benzene rings is 2. The van der Waals surface area contributed by atoms with Crippen molar-refractivity contribution in [1.29, 1.82) is 0 Å².